The molecule has 0 spiro atoms. The van der Waals surface area contributed by atoms with Crippen LogP contribution in [0.5, 0.6) is 5.75 Å². The minimum Gasteiger partial charge on any atom is -0.480 e. The number of nitrogens with zero attached hydrogens (tertiary/aromatic N) is 1. The second-order valence-corrected chi connectivity index (χ2v) is 7.44. The molecule has 0 aliphatic heterocycles. The third kappa shape index (κ3) is 4.26. The van der Waals surface area contributed by atoms with Gasteiger partial charge in [-0.2, -0.15) is 0 Å². The van der Waals surface area contributed by atoms with Gasteiger partial charge in [-0.05, 0) is 65.3 Å². The number of aromatic nitrogens is 1. The summed E-state index contributed by atoms with van der Waals surface area (Å²) in [5.74, 6) is 0.458. The molecule has 4 rings (SSSR count). The second kappa shape index (κ2) is 8.51. The summed E-state index contributed by atoms with van der Waals surface area (Å²) in [6, 6.07) is 21.3. The number of anilines is 1. The van der Waals surface area contributed by atoms with E-state index in [1.807, 2.05) is 24.3 Å². The molecule has 1 amide bonds. The third-order valence-corrected chi connectivity index (χ3v) is 5.08. The van der Waals surface area contributed by atoms with Crippen LogP contribution < -0.4 is 15.7 Å². The zero-order chi connectivity index (χ0) is 21.1. The molecule has 1 atom stereocenters. The van der Waals surface area contributed by atoms with Crippen LogP contribution in [-0.2, 0) is 4.79 Å². The number of halogens is 1. The van der Waals surface area contributed by atoms with Gasteiger partial charge in [-0.15, -0.1) is 0 Å². The Morgan fingerprint density at radius 2 is 1.83 bits per heavy atom. The van der Waals surface area contributed by atoms with Crippen molar-refractivity contribution in [3.63, 3.8) is 0 Å². The van der Waals surface area contributed by atoms with E-state index in [0.717, 1.165) is 4.47 Å². The predicted octanol–water partition coefficient (Wildman–Crippen LogP) is 5.02. The minimum absolute atomic E-state index is 0.187. The molecule has 7 heteroatoms. The summed E-state index contributed by atoms with van der Waals surface area (Å²) in [6.45, 7) is 1.67. The highest BCUT2D eigenvalue weighted by molar-refractivity contribution is 9.10. The SMILES string of the molecule is CC(Oc1ccccc1Br)C(=O)Nc1cccc(-c2nc3ccccc3c(=O)o2)c1. The summed E-state index contributed by atoms with van der Waals surface area (Å²) in [5, 5.41) is 3.24. The van der Waals surface area contributed by atoms with E-state index in [4.69, 9.17) is 9.15 Å². The molecule has 0 radical (unpaired) electrons. The zero-order valence-electron chi connectivity index (χ0n) is 16.0. The van der Waals surface area contributed by atoms with Gasteiger partial charge in [0.15, 0.2) is 6.10 Å². The van der Waals surface area contributed by atoms with Gasteiger partial charge < -0.3 is 14.5 Å². The molecule has 0 aliphatic carbocycles. The van der Waals surface area contributed by atoms with Gasteiger partial charge in [-0.3, -0.25) is 4.79 Å². The molecular formula is C23H17BrN2O4. The van der Waals surface area contributed by atoms with Crippen molar-refractivity contribution >= 4 is 38.4 Å². The lowest BCUT2D eigenvalue weighted by atomic mass is 10.2. The van der Waals surface area contributed by atoms with Gasteiger partial charge in [-0.25, -0.2) is 9.78 Å². The maximum atomic E-state index is 12.6. The highest BCUT2D eigenvalue weighted by atomic mass is 79.9. The van der Waals surface area contributed by atoms with Gasteiger partial charge in [-0.1, -0.05) is 30.3 Å². The number of hydrogen-bond donors (Lipinski definition) is 1. The number of amides is 1. The number of hydrogen-bond acceptors (Lipinski definition) is 5. The maximum absolute atomic E-state index is 12.6. The molecule has 30 heavy (non-hydrogen) atoms. The smallest absolute Gasteiger partial charge is 0.347 e. The van der Waals surface area contributed by atoms with Crippen LogP contribution >= 0.6 is 15.9 Å². The van der Waals surface area contributed by atoms with Crippen LogP contribution in [0, 0.1) is 0 Å². The monoisotopic (exact) mass is 464 g/mol. The molecule has 6 nitrogen and oxygen atoms in total. The molecule has 1 unspecified atom stereocenters. The number of carbonyl (C=O) groups is 1. The lowest BCUT2D eigenvalue weighted by Gasteiger charge is -2.16. The Morgan fingerprint density at radius 3 is 2.67 bits per heavy atom. The molecule has 4 aromatic rings. The fraction of sp³-hybridized carbons (Fsp3) is 0.0870. The van der Waals surface area contributed by atoms with Crippen LogP contribution in [0.3, 0.4) is 0 Å². The van der Waals surface area contributed by atoms with Crippen molar-refractivity contribution in [1.82, 2.24) is 4.98 Å². The molecule has 1 aromatic heterocycles. The molecular weight excluding hydrogens is 448 g/mol. The average Bonchev–Trinajstić information content (AvgIpc) is 2.75. The van der Waals surface area contributed by atoms with Gasteiger partial charge in [0.25, 0.3) is 5.91 Å². The van der Waals surface area contributed by atoms with Crippen LogP contribution in [0.15, 0.2) is 86.5 Å². The van der Waals surface area contributed by atoms with Crippen LogP contribution in [0.4, 0.5) is 5.69 Å². The summed E-state index contributed by atoms with van der Waals surface area (Å²) >= 11 is 3.40. The number of para-hydroxylation sites is 2. The Bertz CT molecular complexity index is 1290. The largest absolute Gasteiger partial charge is 0.480 e. The third-order valence-electron chi connectivity index (χ3n) is 4.42. The Hall–Kier alpha value is -3.45. The van der Waals surface area contributed by atoms with E-state index in [-0.39, 0.29) is 11.8 Å². The topological polar surface area (TPSA) is 81.4 Å². The van der Waals surface area contributed by atoms with Crippen LogP contribution in [0.2, 0.25) is 0 Å². The number of fused-ring (bicyclic) bond motifs is 1. The van der Waals surface area contributed by atoms with E-state index in [2.05, 4.69) is 26.2 Å². The molecule has 150 valence electrons. The fourth-order valence-corrected chi connectivity index (χ4v) is 3.28. The quantitative estimate of drug-likeness (QED) is 0.448. The van der Waals surface area contributed by atoms with Gasteiger partial charge in [0.1, 0.15) is 5.75 Å². The summed E-state index contributed by atoms with van der Waals surface area (Å²) < 4.78 is 11.9. The van der Waals surface area contributed by atoms with Crippen molar-refractivity contribution in [2.75, 3.05) is 5.32 Å². The first-order chi connectivity index (χ1) is 14.5. The highest BCUT2D eigenvalue weighted by Crippen LogP contribution is 2.26. The zero-order valence-corrected chi connectivity index (χ0v) is 17.5. The summed E-state index contributed by atoms with van der Waals surface area (Å²) in [4.78, 5) is 29.2. The minimum atomic E-state index is -0.718. The molecule has 0 aliphatic rings. The number of benzene rings is 3. The Labute approximate surface area is 180 Å². The van der Waals surface area contributed by atoms with Crippen LogP contribution in [-0.4, -0.2) is 17.0 Å². The van der Waals surface area contributed by atoms with Gasteiger partial charge in [0.2, 0.25) is 5.89 Å². The van der Waals surface area contributed by atoms with Gasteiger partial charge in [0, 0.05) is 11.3 Å². The van der Waals surface area contributed by atoms with Crippen molar-refractivity contribution in [3.05, 3.63) is 87.7 Å². The lowest BCUT2D eigenvalue weighted by Crippen LogP contribution is -2.30. The fourth-order valence-electron chi connectivity index (χ4n) is 2.90. The Morgan fingerprint density at radius 1 is 1.07 bits per heavy atom. The van der Waals surface area contributed by atoms with E-state index in [1.165, 1.54) is 0 Å². The standard InChI is InChI=1S/C23H17BrN2O4/c1-14(29-20-12-5-3-10-18(20)24)21(27)25-16-8-6-7-15(13-16)22-26-19-11-4-2-9-17(19)23(28)30-22/h2-14H,1H3,(H,25,27). The van der Waals surface area contributed by atoms with E-state index >= 15 is 0 Å². The van der Waals surface area contributed by atoms with E-state index < -0.39 is 11.7 Å². The van der Waals surface area contributed by atoms with Crippen molar-refractivity contribution in [1.29, 1.82) is 0 Å². The molecule has 0 fully saturated rings. The van der Waals surface area contributed by atoms with E-state index in [0.29, 0.717) is 27.9 Å². The van der Waals surface area contributed by atoms with E-state index in [9.17, 15) is 9.59 Å². The van der Waals surface area contributed by atoms with Gasteiger partial charge in [0.05, 0.1) is 15.4 Å². The molecule has 0 bridgehead atoms. The molecule has 1 heterocycles. The first-order valence-corrected chi connectivity index (χ1v) is 10.0. The summed E-state index contributed by atoms with van der Waals surface area (Å²) in [7, 11) is 0. The number of ether oxygens (including phenoxy) is 1. The Kier molecular flexibility index (Phi) is 5.63. The summed E-state index contributed by atoms with van der Waals surface area (Å²) in [5.41, 5.74) is 1.21. The average molecular weight is 465 g/mol. The first kappa shape index (κ1) is 19.8. The number of rotatable bonds is 5. The first-order valence-electron chi connectivity index (χ1n) is 9.23. The normalized spacial score (nSPS) is 11.8. The highest BCUT2D eigenvalue weighted by Gasteiger charge is 2.17. The molecule has 0 saturated carbocycles. The van der Waals surface area contributed by atoms with Crippen molar-refractivity contribution in [3.8, 4) is 17.2 Å². The predicted molar refractivity (Wildman–Crippen MR) is 119 cm³/mol. The maximum Gasteiger partial charge on any atom is 0.347 e. The molecule has 3 aromatic carbocycles. The van der Waals surface area contributed by atoms with Crippen LogP contribution in [0.25, 0.3) is 22.4 Å². The number of carbonyl (C=O) groups excluding carboxylic acids is 1. The van der Waals surface area contributed by atoms with Gasteiger partial charge >= 0.3 is 5.63 Å². The second-order valence-electron chi connectivity index (χ2n) is 6.58. The molecule has 1 N–H and O–H groups in total. The van der Waals surface area contributed by atoms with Crippen molar-refractivity contribution in [2.24, 2.45) is 0 Å². The Balaban J connectivity index is 1.54. The van der Waals surface area contributed by atoms with Crippen LogP contribution in [0.1, 0.15) is 6.92 Å². The number of nitrogens with one attached hydrogen (secondary N) is 1. The lowest BCUT2D eigenvalue weighted by molar-refractivity contribution is -0.122. The van der Waals surface area contributed by atoms with E-state index in [1.54, 1.807) is 55.5 Å². The van der Waals surface area contributed by atoms with Crippen molar-refractivity contribution < 1.29 is 13.9 Å². The molecule has 0 saturated heterocycles. The van der Waals surface area contributed by atoms with Crippen molar-refractivity contribution in [2.45, 2.75) is 13.0 Å². The summed E-state index contributed by atoms with van der Waals surface area (Å²) in [6.07, 6.45) is -0.718.